The highest BCUT2D eigenvalue weighted by Gasteiger charge is 2.31. The summed E-state index contributed by atoms with van der Waals surface area (Å²) in [4.78, 5) is 11.3. The average Bonchev–Trinajstić information content (AvgIpc) is 2.63. The van der Waals surface area contributed by atoms with Crippen molar-refractivity contribution in [2.75, 3.05) is 0 Å². The quantitative estimate of drug-likeness (QED) is 0.726. The van der Waals surface area contributed by atoms with E-state index in [1.54, 1.807) is 0 Å². The lowest BCUT2D eigenvalue weighted by Gasteiger charge is -2.26. The Morgan fingerprint density at radius 1 is 0.938 bits per heavy atom. The molecule has 2 fully saturated rings. The summed E-state index contributed by atoms with van der Waals surface area (Å²) in [5.74, 6) is -0.750. The summed E-state index contributed by atoms with van der Waals surface area (Å²) in [5, 5.41) is 12.9. The first kappa shape index (κ1) is 11.9. The fourth-order valence-corrected chi connectivity index (χ4v) is 3.20. The Balaban J connectivity index is 1.93. The van der Waals surface area contributed by atoms with Crippen LogP contribution >= 0.6 is 0 Å². The Bertz CT molecular complexity index is 236. The van der Waals surface area contributed by atoms with Crippen LogP contribution in [0.15, 0.2) is 0 Å². The van der Waals surface area contributed by atoms with Gasteiger partial charge in [-0.15, -0.1) is 0 Å². The van der Waals surface area contributed by atoms with Crippen LogP contribution in [0.1, 0.15) is 57.8 Å². The summed E-state index contributed by atoms with van der Waals surface area (Å²) >= 11 is 0. The van der Waals surface area contributed by atoms with E-state index in [1.807, 2.05) is 0 Å². The molecule has 16 heavy (non-hydrogen) atoms. The third-order valence-electron chi connectivity index (χ3n) is 4.14. The fraction of sp³-hybridized carbons (Fsp3) is 0.923. The minimum absolute atomic E-state index is 0.150. The second-order valence-electron chi connectivity index (χ2n) is 5.34. The molecule has 2 saturated carbocycles. The van der Waals surface area contributed by atoms with Gasteiger partial charge < -0.3 is 10.4 Å². The molecule has 3 heteroatoms. The number of carboxylic acids is 1. The van der Waals surface area contributed by atoms with E-state index in [4.69, 9.17) is 0 Å². The van der Waals surface area contributed by atoms with Crippen molar-refractivity contribution < 1.29 is 9.90 Å². The number of aliphatic carboxylic acids is 1. The number of hydrogen-bond acceptors (Lipinski definition) is 2. The van der Waals surface area contributed by atoms with Gasteiger partial charge in [-0.3, -0.25) is 4.79 Å². The number of carboxylic acid groups (broad SMARTS) is 1. The van der Waals surface area contributed by atoms with Crippen LogP contribution in [0.25, 0.3) is 0 Å². The topological polar surface area (TPSA) is 49.3 Å². The molecule has 0 amide bonds. The zero-order valence-corrected chi connectivity index (χ0v) is 9.95. The van der Waals surface area contributed by atoms with Gasteiger partial charge in [-0.1, -0.05) is 32.1 Å². The fourth-order valence-electron chi connectivity index (χ4n) is 3.20. The largest absolute Gasteiger partial charge is 0.481 e. The molecule has 2 aliphatic rings. The zero-order valence-electron chi connectivity index (χ0n) is 9.95. The van der Waals surface area contributed by atoms with Crippen LogP contribution in [0.3, 0.4) is 0 Å². The van der Waals surface area contributed by atoms with Crippen molar-refractivity contribution in [3.05, 3.63) is 0 Å². The molecule has 0 aromatic carbocycles. The van der Waals surface area contributed by atoms with Crippen LogP contribution in [0.4, 0.5) is 0 Å². The summed E-state index contributed by atoms with van der Waals surface area (Å²) in [7, 11) is 0. The van der Waals surface area contributed by atoms with Gasteiger partial charge in [0.2, 0.25) is 0 Å². The first-order valence-electron chi connectivity index (χ1n) is 6.76. The third kappa shape index (κ3) is 2.97. The van der Waals surface area contributed by atoms with E-state index in [2.05, 4.69) is 5.32 Å². The summed E-state index contributed by atoms with van der Waals surface area (Å²) in [5.41, 5.74) is 0. The van der Waals surface area contributed by atoms with Crippen LogP contribution in [-0.4, -0.2) is 23.2 Å². The lowest BCUT2D eigenvalue weighted by Crippen LogP contribution is -2.44. The van der Waals surface area contributed by atoms with Crippen LogP contribution in [0.5, 0.6) is 0 Å². The smallest absolute Gasteiger partial charge is 0.308 e. The van der Waals surface area contributed by atoms with Gasteiger partial charge in [0.05, 0.1) is 5.92 Å². The van der Waals surface area contributed by atoms with Gasteiger partial charge in [0.25, 0.3) is 0 Å². The molecule has 3 nitrogen and oxygen atoms in total. The molecule has 2 N–H and O–H groups in total. The summed E-state index contributed by atoms with van der Waals surface area (Å²) in [6.45, 7) is 0. The summed E-state index contributed by atoms with van der Waals surface area (Å²) < 4.78 is 0. The number of hydrogen-bond donors (Lipinski definition) is 2. The molecule has 92 valence electrons. The molecule has 0 aromatic rings. The average molecular weight is 225 g/mol. The molecule has 2 atom stereocenters. The molecule has 0 heterocycles. The molecule has 2 aliphatic carbocycles. The van der Waals surface area contributed by atoms with Gasteiger partial charge in [0.15, 0.2) is 0 Å². The van der Waals surface area contributed by atoms with Crippen molar-refractivity contribution in [1.82, 2.24) is 5.32 Å². The Morgan fingerprint density at radius 3 is 2.25 bits per heavy atom. The van der Waals surface area contributed by atoms with E-state index < -0.39 is 5.97 Å². The number of rotatable bonds is 3. The van der Waals surface area contributed by atoms with Gasteiger partial charge in [0, 0.05) is 12.1 Å². The van der Waals surface area contributed by atoms with Crippen LogP contribution in [0, 0.1) is 5.92 Å². The Labute approximate surface area is 97.6 Å². The van der Waals surface area contributed by atoms with Crippen molar-refractivity contribution in [2.45, 2.75) is 69.9 Å². The van der Waals surface area contributed by atoms with Gasteiger partial charge in [-0.25, -0.2) is 0 Å². The van der Waals surface area contributed by atoms with E-state index in [0.29, 0.717) is 6.04 Å². The summed E-state index contributed by atoms with van der Waals surface area (Å²) in [6.07, 6.45) is 10.5. The molecular formula is C13H23NO2. The SMILES string of the molecule is O=C(O)C1CCCCCC1NC1CCCC1. The van der Waals surface area contributed by atoms with Crippen molar-refractivity contribution in [3.8, 4) is 0 Å². The second kappa shape index (κ2) is 5.67. The summed E-state index contributed by atoms with van der Waals surface area (Å²) in [6, 6.07) is 0.813. The first-order valence-corrected chi connectivity index (χ1v) is 6.76. The monoisotopic (exact) mass is 225 g/mol. The second-order valence-corrected chi connectivity index (χ2v) is 5.34. The van der Waals surface area contributed by atoms with E-state index in [1.165, 1.54) is 38.5 Å². The van der Waals surface area contributed by atoms with Crippen molar-refractivity contribution in [3.63, 3.8) is 0 Å². The number of nitrogens with one attached hydrogen (secondary N) is 1. The first-order chi connectivity index (χ1) is 7.77. The standard InChI is InChI=1S/C13H23NO2/c15-13(16)11-8-2-1-3-9-12(11)14-10-6-4-5-7-10/h10-12,14H,1-9H2,(H,15,16). The van der Waals surface area contributed by atoms with Crippen LogP contribution < -0.4 is 5.32 Å². The highest BCUT2D eigenvalue weighted by molar-refractivity contribution is 5.70. The lowest BCUT2D eigenvalue weighted by molar-refractivity contribution is -0.143. The molecular weight excluding hydrogens is 202 g/mol. The molecule has 0 aliphatic heterocycles. The Kier molecular flexibility index (Phi) is 4.22. The van der Waals surface area contributed by atoms with Gasteiger partial charge >= 0.3 is 5.97 Å². The normalized spacial score (nSPS) is 32.5. The Hall–Kier alpha value is -0.570. The van der Waals surface area contributed by atoms with Gasteiger partial charge in [0.1, 0.15) is 0 Å². The van der Waals surface area contributed by atoms with E-state index in [-0.39, 0.29) is 12.0 Å². The maximum absolute atomic E-state index is 11.3. The molecule has 0 saturated heterocycles. The van der Waals surface area contributed by atoms with Crippen molar-refractivity contribution >= 4 is 5.97 Å². The molecule has 0 bridgehead atoms. The Morgan fingerprint density at radius 2 is 1.56 bits per heavy atom. The molecule has 0 aromatic heterocycles. The van der Waals surface area contributed by atoms with Gasteiger partial charge in [-0.2, -0.15) is 0 Å². The minimum Gasteiger partial charge on any atom is -0.481 e. The van der Waals surface area contributed by atoms with E-state index in [0.717, 1.165) is 19.3 Å². The third-order valence-corrected chi connectivity index (χ3v) is 4.14. The highest BCUT2D eigenvalue weighted by atomic mass is 16.4. The van der Waals surface area contributed by atoms with E-state index in [9.17, 15) is 9.90 Å². The highest BCUT2D eigenvalue weighted by Crippen LogP contribution is 2.26. The van der Waals surface area contributed by atoms with E-state index >= 15 is 0 Å². The maximum atomic E-state index is 11.3. The van der Waals surface area contributed by atoms with Crippen molar-refractivity contribution in [2.24, 2.45) is 5.92 Å². The number of carbonyl (C=O) groups is 1. The lowest BCUT2D eigenvalue weighted by atomic mass is 9.94. The van der Waals surface area contributed by atoms with Gasteiger partial charge in [-0.05, 0) is 25.7 Å². The predicted molar refractivity (Wildman–Crippen MR) is 63.4 cm³/mol. The van der Waals surface area contributed by atoms with Crippen LogP contribution in [0.2, 0.25) is 0 Å². The zero-order chi connectivity index (χ0) is 11.4. The molecule has 2 rings (SSSR count). The van der Waals surface area contributed by atoms with Crippen molar-refractivity contribution in [1.29, 1.82) is 0 Å². The molecule has 0 radical (unpaired) electrons. The molecule has 0 spiro atoms. The predicted octanol–water partition coefficient (Wildman–Crippen LogP) is 2.55. The molecule has 2 unspecified atom stereocenters. The maximum Gasteiger partial charge on any atom is 0.308 e. The van der Waals surface area contributed by atoms with Crippen LogP contribution in [-0.2, 0) is 4.79 Å². The minimum atomic E-state index is -0.600.